The van der Waals surface area contributed by atoms with Gasteiger partial charge < -0.3 is 19.5 Å². The van der Waals surface area contributed by atoms with Gasteiger partial charge in [-0.15, -0.1) is 0 Å². The number of nitrogens with one attached hydrogen (secondary N) is 1. The molecule has 0 fully saturated rings. The highest BCUT2D eigenvalue weighted by atomic mass is 79.9. The lowest BCUT2D eigenvalue weighted by Gasteiger charge is -2.31. The van der Waals surface area contributed by atoms with Gasteiger partial charge in [-0.25, -0.2) is 4.79 Å². The smallest absolute Gasteiger partial charge is 0.322 e. The Morgan fingerprint density at radius 3 is 2.47 bits per heavy atom. The summed E-state index contributed by atoms with van der Waals surface area (Å²) in [4.78, 5) is 15.5. The monoisotopic (exact) mass is 487 g/mol. The van der Waals surface area contributed by atoms with Gasteiger partial charge in [0.1, 0.15) is 5.75 Å². The van der Waals surface area contributed by atoms with Crippen molar-refractivity contribution < 1.29 is 9.53 Å². The molecule has 2 heterocycles. The summed E-state index contributed by atoms with van der Waals surface area (Å²) in [6, 6.07) is 27.4. The Morgan fingerprint density at radius 2 is 1.72 bits per heavy atom. The highest BCUT2D eigenvalue weighted by molar-refractivity contribution is 9.10. The van der Waals surface area contributed by atoms with E-state index >= 15 is 0 Å². The Kier molecular flexibility index (Phi) is 5.45. The summed E-state index contributed by atoms with van der Waals surface area (Å²) in [5.41, 5.74) is 4.98. The predicted octanol–water partition coefficient (Wildman–Crippen LogP) is 6.39. The Morgan fingerprint density at radius 1 is 0.969 bits per heavy atom. The predicted molar refractivity (Wildman–Crippen MR) is 129 cm³/mol. The van der Waals surface area contributed by atoms with Gasteiger partial charge in [-0.2, -0.15) is 0 Å². The van der Waals surface area contributed by atoms with Gasteiger partial charge in [0.25, 0.3) is 0 Å². The highest BCUT2D eigenvalue weighted by Gasteiger charge is 2.33. The van der Waals surface area contributed by atoms with E-state index < -0.39 is 0 Å². The number of halogens is 1. The minimum atomic E-state index is -0.265. The average Bonchev–Trinajstić information content (AvgIpc) is 3.25. The number of fused-ring (bicyclic) bond motifs is 3. The van der Waals surface area contributed by atoms with Crippen LogP contribution >= 0.6 is 15.9 Å². The van der Waals surface area contributed by atoms with Gasteiger partial charge in [0.2, 0.25) is 0 Å². The van der Waals surface area contributed by atoms with Crippen molar-refractivity contribution in [1.82, 2.24) is 9.47 Å². The number of carbonyl (C=O) groups excluding carboxylic acids is 1. The molecular formula is C26H22BrN3O2. The molecule has 1 aromatic heterocycles. The fourth-order valence-electron chi connectivity index (χ4n) is 4.20. The minimum Gasteiger partial charge on any atom is -0.497 e. The maximum absolute atomic E-state index is 13.6. The van der Waals surface area contributed by atoms with Crippen LogP contribution in [0.3, 0.4) is 0 Å². The van der Waals surface area contributed by atoms with Gasteiger partial charge in [0.05, 0.1) is 25.4 Å². The second-order valence-electron chi connectivity index (χ2n) is 7.67. The second kappa shape index (κ2) is 8.55. The van der Waals surface area contributed by atoms with Gasteiger partial charge in [-0.3, -0.25) is 0 Å². The van der Waals surface area contributed by atoms with E-state index in [0.29, 0.717) is 6.54 Å². The van der Waals surface area contributed by atoms with E-state index in [0.717, 1.165) is 38.4 Å². The number of hydrogen-bond acceptors (Lipinski definition) is 2. The third-order valence-electron chi connectivity index (χ3n) is 5.75. The molecule has 0 saturated carbocycles. The van der Waals surface area contributed by atoms with Crippen molar-refractivity contribution in [2.24, 2.45) is 0 Å². The van der Waals surface area contributed by atoms with E-state index in [9.17, 15) is 4.79 Å². The first-order valence-electron chi connectivity index (χ1n) is 10.4. The van der Waals surface area contributed by atoms with Crippen molar-refractivity contribution in [3.8, 4) is 11.4 Å². The van der Waals surface area contributed by atoms with Crippen LogP contribution in [0.4, 0.5) is 10.5 Å². The molecule has 0 saturated heterocycles. The number of nitrogens with zero attached hydrogens (tertiary/aromatic N) is 2. The number of para-hydroxylation sites is 1. The number of rotatable bonds is 3. The van der Waals surface area contributed by atoms with Crippen LogP contribution < -0.4 is 10.1 Å². The number of methoxy groups -OCH3 is 1. The van der Waals surface area contributed by atoms with Gasteiger partial charge in [0.15, 0.2) is 0 Å². The normalized spacial score (nSPS) is 14.8. The fraction of sp³-hybridized carbons (Fsp3) is 0.115. The second-order valence-corrected chi connectivity index (χ2v) is 8.59. The summed E-state index contributed by atoms with van der Waals surface area (Å²) in [6.07, 6.45) is 2.06. The molecule has 4 aromatic rings. The summed E-state index contributed by atoms with van der Waals surface area (Å²) >= 11 is 3.45. The van der Waals surface area contributed by atoms with Gasteiger partial charge >= 0.3 is 6.03 Å². The quantitative estimate of drug-likeness (QED) is 0.364. The van der Waals surface area contributed by atoms with Crippen molar-refractivity contribution in [2.75, 3.05) is 12.4 Å². The van der Waals surface area contributed by atoms with Crippen LogP contribution in [0, 0.1) is 0 Å². The van der Waals surface area contributed by atoms with Crippen molar-refractivity contribution in [1.29, 1.82) is 0 Å². The molecule has 1 aliphatic rings. The van der Waals surface area contributed by atoms with Crippen molar-refractivity contribution in [3.05, 3.63) is 112 Å². The molecule has 160 valence electrons. The van der Waals surface area contributed by atoms with Crippen LogP contribution in [0.15, 0.2) is 95.6 Å². The number of urea groups is 1. The van der Waals surface area contributed by atoms with Crippen LogP contribution in [-0.4, -0.2) is 22.6 Å². The SMILES string of the molecule is COc1ccc(C2c3cccn3-c3ccccc3CN2C(=O)Nc2ccc(Br)cc2)cc1. The van der Waals surface area contributed by atoms with E-state index in [1.54, 1.807) is 7.11 Å². The van der Waals surface area contributed by atoms with Crippen LogP contribution in [0.25, 0.3) is 5.69 Å². The lowest BCUT2D eigenvalue weighted by molar-refractivity contribution is 0.194. The molecular weight excluding hydrogens is 466 g/mol. The van der Waals surface area contributed by atoms with E-state index in [4.69, 9.17) is 4.74 Å². The fourth-order valence-corrected chi connectivity index (χ4v) is 4.47. The molecule has 0 bridgehead atoms. The number of carbonyl (C=O) groups is 1. The first-order valence-corrected chi connectivity index (χ1v) is 11.2. The molecule has 1 unspecified atom stereocenters. The molecule has 0 spiro atoms. The van der Waals surface area contributed by atoms with E-state index in [1.807, 2.05) is 71.6 Å². The summed E-state index contributed by atoms with van der Waals surface area (Å²) in [7, 11) is 1.65. The Labute approximate surface area is 195 Å². The molecule has 2 amide bonds. The maximum Gasteiger partial charge on any atom is 0.322 e. The molecule has 5 nitrogen and oxygen atoms in total. The number of anilines is 1. The lowest BCUT2D eigenvalue weighted by Crippen LogP contribution is -2.37. The van der Waals surface area contributed by atoms with Crippen LogP contribution in [-0.2, 0) is 6.54 Å². The summed E-state index contributed by atoms with van der Waals surface area (Å²) in [5.74, 6) is 0.784. The van der Waals surface area contributed by atoms with E-state index in [2.05, 4.69) is 50.2 Å². The molecule has 32 heavy (non-hydrogen) atoms. The average molecular weight is 488 g/mol. The Bertz CT molecular complexity index is 1250. The Balaban J connectivity index is 1.61. The topological polar surface area (TPSA) is 46.5 Å². The molecule has 0 radical (unpaired) electrons. The maximum atomic E-state index is 13.6. The molecule has 1 atom stereocenters. The third kappa shape index (κ3) is 3.78. The van der Waals surface area contributed by atoms with E-state index in [1.165, 1.54) is 0 Å². The lowest BCUT2D eigenvalue weighted by atomic mass is 10.0. The first-order chi connectivity index (χ1) is 15.6. The zero-order valence-corrected chi connectivity index (χ0v) is 19.1. The number of ether oxygens (including phenoxy) is 1. The molecule has 5 rings (SSSR count). The highest BCUT2D eigenvalue weighted by Crippen LogP contribution is 2.37. The van der Waals surface area contributed by atoms with E-state index in [-0.39, 0.29) is 12.1 Å². The Hall–Kier alpha value is -3.51. The molecule has 3 aromatic carbocycles. The molecule has 6 heteroatoms. The molecule has 1 N–H and O–H groups in total. The summed E-state index contributed by atoms with van der Waals surface area (Å²) in [5, 5.41) is 3.07. The number of hydrogen-bond donors (Lipinski definition) is 1. The third-order valence-corrected chi connectivity index (χ3v) is 6.28. The number of amides is 2. The first kappa shape index (κ1) is 20.4. The summed E-state index contributed by atoms with van der Waals surface area (Å²) < 4.78 is 8.49. The largest absolute Gasteiger partial charge is 0.497 e. The number of aromatic nitrogens is 1. The van der Waals surface area contributed by atoms with Gasteiger partial charge in [-0.1, -0.05) is 46.3 Å². The molecule has 0 aliphatic carbocycles. The van der Waals surface area contributed by atoms with Crippen molar-refractivity contribution in [3.63, 3.8) is 0 Å². The zero-order chi connectivity index (χ0) is 22.1. The standard InChI is InChI=1S/C26H22BrN3O2/c1-32-22-14-8-18(9-15-22)25-24-7-4-16-29(24)23-6-3-2-5-19(23)17-30(25)26(31)28-21-12-10-20(27)11-13-21/h2-16,25H,17H2,1H3,(H,28,31). The van der Waals surface area contributed by atoms with Crippen LogP contribution in [0.2, 0.25) is 0 Å². The van der Waals surface area contributed by atoms with Crippen LogP contribution in [0.1, 0.15) is 22.9 Å². The van der Waals surface area contributed by atoms with Crippen molar-refractivity contribution >= 4 is 27.6 Å². The number of benzene rings is 3. The molecule has 1 aliphatic heterocycles. The van der Waals surface area contributed by atoms with Gasteiger partial charge in [0, 0.05) is 22.1 Å². The summed E-state index contributed by atoms with van der Waals surface area (Å²) in [6.45, 7) is 0.483. The van der Waals surface area contributed by atoms with Crippen LogP contribution in [0.5, 0.6) is 5.75 Å². The van der Waals surface area contributed by atoms with Gasteiger partial charge in [-0.05, 0) is 65.7 Å². The minimum absolute atomic E-state index is 0.155. The zero-order valence-electron chi connectivity index (χ0n) is 17.5. The van der Waals surface area contributed by atoms with Crippen molar-refractivity contribution in [2.45, 2.75) is 12.6 Å².